The van der Waals surface area contributed by atoms with Crippen molar-refractivity contribution in [3.05, 3.63) is 52.7 Å². The van der Waals surface area contributed by atoms with Gasteiger partial charge in [-0.3, -0.25) is 4.79 Å². The monoisotopic (exact) mass is 373 g/mol. The first-order valence-corrected chi connectivity index (χ1v) is 7.45. The summed E-state index contributed by atoms with van der Waals surface area (Å²) >= 11 is 5.84. The van der Waals surface area contributed by atoms with Gasteiger partial charge in [0.2, 0.25) is 0 Å². The number of nitrogen functional groups attached to an aromatic ring is 1. The molecule has 3 N–H and O–H groups in total. The summed E-state index contributed by atoms with van der Waals surface area (Å²) < 4.78 is 40.4. The second kappa shape index (κ2) is 6.79. The van der Waals surface area contributed by atoms with Gasteiger partial charge in [-0.15, -0.1) is 13.2 Å². The molecule has 0 radical (unpaired) electrons. The molecule has 0 aliphatic carbocycles. The fourth-order valence-electron chi connectivity index (χ4n) is 2.07. The summed E-state index contributed by atoms with van der Waals surface area (Å²) in [6.45, 7) is 3.41. The lowest BCUT2D eigenvalue weighted by molar-refractivity contribution is -0.274. The highest BCUT2D eigenvalue weighted by molar-refractivity contribution is 6.33. The topological polar surface area (TPSA) is 77.2 Å². The van der Waals surface area contributed by atoms with E-state index in [1.165, 1.54) is 36.5 Å². The van der Waals surface area contributed by atoms with Crippen LogP contribution in [-0.2, 0) is 5.54 Å². The first-order valence-electron chi connectivity index (χ1n) is 7.08. The third-order valence-electron chi connectivity index (χ3n) is 3.37. The van der Waals surface area contributed by atoms with Crippen LogP contribution in [0.15, 0.2) is 36.5 Å². The molecular formula is C16H15ClF3N3O2. The van der Waals surface area contributed by atoms with Crippen LogP contribution in [0.5, 0.6) is 5.75 Å². The number of pyridine rings is 1. The summed E-state index contributed by atoms with van der Waals surface area (Å²) in [6.07, 6.45) is -3.47. The van der Waals surface area contributed by atoms with E-state index in [0.717, 1.165) is 0 Å². The van der Waals surface area contributed by atoms with Crippen LogP contribution < -0.4 is 15.8 Å². The van der Waals surface area contributed by atoms with Crippen molar-refractivity contribution in [1.82, 2.24) is 10.3 Å². The SMILES string of the molecule is CC(C)(NC(=O)c1cnc(N)c(Cl)c1)c1ccc(OC(F)(F)F)cc1. The maximum Gasteiger partial charge on any atom is 0.573 e. The fourth-order valence-corrected chi connectivity index (χ4v) is 2.24. The van der Waals surface area contributed by atoms with Crippen LogP contribution in [0.3, 0.4) is 0 Å². The molecule has 2 aromatic rings. The third kappa shape index (κ3) is 4.99. The number of ether oxygens (including phenoxy) is 1. The van der Waals surface area contributed by atoms with Crippen LogP contribution in [0.4, 0.5) is 19.0 Å². The molecule has 5 nitrogen and oxygen atoms in total. The Balaban J connectivity index is 2.14. The zero-order valence-corrected chi connectivity index (χ0v) is 14.1. The van der Waals surface area contributed by atoms with Crippen molar-refractivity contribution < 1.29 is 22.7 Å². The number of amides is 1. The molecule has 0 unspecified atom stereocenters. The zero-order valence-electron chi connectivity index (χ0n) is 13.3. The van der Waals surface area contributed by atoms with Crippen LogP contribution in [0.25, 0.3) is 0 Å². The molecule has 1 aromatic heterocycles. The van der Waals surface area contributed by atoms with E-state index < -0.39 is 17.8 Å². The molecule has 1 heterocycles. The number of hydrogen-bond donors (Lipinski definition) is 2. The Bertz CT molecular complexity index is 777. The van der Waals surface area contributed by atoms with Gasteiger partial charge in [0.05, 0.1) is 16.1 Å². The van der Waals surface area contributed by atoms with E-state index in [-0.39, 0.29) is 22.2 Å². The summed E-state index contributed by atoms with van der Waals surface area (Å²) in [4.78, 5) is 16.1. The van der Waals surface area contributed by atoms with E-state index in [4.69, 9.17) is 17.3 Å². The van der Waals surface area contributed by atoms with Crippen molar-refractivity contribution in [2.24, 2.45) is 0 Å². The molecule has 0 bridgehead atoms. The number of aromatic nitrogens is 1. The second-order valence-electron chi connectivity index (χ2n) is 5.74. The van der Waals surface area contributed by atoms with Crippen LogP contribution in [0, 0.1) is 0 Å². The highest BCUT2D eigenvalue weighted by Crippen LogP contribution is 2.27. The average Bonchev–Trinajstić information content (AvgIpc) is 2.48. The molecule has 0 aliphatic rings. The number of anilines is 1. The van der Waals surface area contributed by atoms with Crippen molar-refractivity contribution in [1.29, 1.82) is 0 Å². The van der Waals surface area contributed by atoms with Crippen LogP contribution in [-0.4, -0.2) is 17.3 Å². The van der Waals surface area contributed by atoms with E-state index in [1.807, 2.05) is 0 Å². The van der Waals surface area contributed by atoms with Gasteiger partial charge in [0.25, 0.3) is 5.91 Å². The first-order chi connectivity index (χ1) is 11.5. The number of carbonyl (C=O) groups is 1. The Morgan fingerprint density at radius 3 is 2.36 bits per heavy atom. The Morgan fingerprint density at radius 2 is 1.84 bits per heavy atom. The lowest BCUT2D eigenvalue weighted by Crippen LogP contribution is -2.41. The summed E-state index contributed by atoms with van der Waals surface area (Å²) in [5.74, 6) is -0.680. The highest BCUT2D eigenvalue weighted by Gasteiger charge is 2.31. The van der Waals surface area contributed by atoms with Crippen molar-refractivity contribution in [3.63, 3.8) is 0 Å². The van der Waals surface area contributed by atoms with Crippen molar-refractivity contribution in [2.45, 2.75) is 25.7 Å². The van der Waals surface area contributed by atoms with E-state index >= 15 is 0 Å². The molecule has 9 heteroatoms. The van der Waals surface area contributed by atoms with Gasteiger partial charge < -0.3 is 15.8 Å². The molecule has 1 aromatic carbocycles. The van der Waals surface area contributed by atoms with Gasteiger partial charge in [0.1, 0.15) is 11.6 Å². The Kier molecular flexibility index (Phi) is 5.12. The number of rotatable bonds is 4. The molecule has 0 saturated heterocycles. The predicted octanol–water partition coefficient (Wildman–Crippen LogP) is 3.88. The van der Waals surface area contributed by atoms with Crippen molar-refractivity contribution in [2.75, 3.05) is 5.73 Å². The molecule has 0 saturated carbocycles. The largest absolute Gasteiger partial charge is 0.573 e. The minimum absolute atomic E-state index is 0.109. The fraction of sp³-hybridized carbons (Fsp3) is 0.250. The number of hydrogen-bond acceptors (Lipinski definition) is 4. The molecule has 1 amide bonds. The summed E-state index contributed by atoms with van der Waals surface area (Å²) in [7, 11) is 0. The lowest BCUT2D eigenvalue weighted by Gasteiger charge is -2.27. The van der Waals surface area contributed by atoms with Gasteiger partial charge in [-0.2, -0.15) is 0 Å². The van der Waals surface area contributed by atoms with E-state index in [1.54, 1.807) is 13.8 Å². The molecule has 0 aliphatic heterocycles. The van der Waals surface area contributed by atoms with E-state index in [0.29, 0.717) is 5.56 Å². The van der Waals surface area contributed by atoms with E-state index in [2.05, 4.69) is 15.0 Å². The van der Waals surface area contributed by atoms with Gasteiger partial charge in [-0.05, 0) is 37.6 Å². The smallest absolute Gasteiger partial charge is 0.406 e. The molecule has 134 valence electrons. The van der Waals surface area contributed by atoms with Gasteiger partial charge in [-0.25, -0.2) is 4.98 Å². The molecular weight excluding hydrogens is 359 g/mol. The number of nitrogens with two attached hydrogens (primary N) is 1. The number of benzene rings is 1. The van der Waals surface area contributed by atoms with Crippen molar-refractivity contribution >= 4 is 23.3 Å². The second-order valence-corrected chi connectivity index (χ2v) is 6.15. The summed E-state index contributed by atoms with van der Waals surface area (Å²) in [5, 5.41) is 2.91. The predicted molar refractivity (Wildman–Crippen MR) is 87.3 cm³/mol. The summed E-state index contributed by atoms with van der Waals surface area (Å²) in [5.41, 5.74) is 5.44. The van der Waals surface area contributed by atoms with Crippen molar-refractivity contribution in [3.8, 4) is 5.75 Å². The van der Waals surface area contributed by atoms with E-state index in [9.17, 15) is 18.0 Å². The number of alkyl halides is 3. The normalized spacial score (nSPS) is 11.9. The van der Waals surface area contributed by atoms with Gasteiger partial charge in [-0.1, -0.05) is 23.7 Å². The molecule has 0 fully saturated rings. The molecule has 25 heavy (non-hydrogen) atoms. The van der Waals surface area contributed by atoms with Crippen LogP contribution >= 0.6 is 11.6 Å². The minimum Gasteiger partial charge on any atom is -0.406 e. The number of nitrogens with one attached hydrogen (secondary N) is 1. The maximum absolute atomic E-state index is 12.3. The van der Waals surface area contributed by atoms with Gasteiger partial charge >= 0.3 is 6.36 Å². The molecule has 2 rings (SSSR count). The highest BCUT2D eigenvalue weighted by atomic mass is 35.5. The number of halogens is 4. The Hall–Kier alpha value is -2.48. The van der Waals surface area contributed by atoms with Gasteiger partial charge in [0, 0.05) is 6.20 Å². The van der Waals surface area contributed by atoms with Crippen LogP contribution in [0.2, 0.25) is 5.02 Å². The number of nitrogens with zero attached hydrogens (tertiary/aromatic N) is 1. The molecule has 0 spiro atoms. The Morgan fingerprint density at radius 1 is 1.24 bits per heavy atom. The standard InChI is InChI=1S/C16H15ClF3N3O2/c1-15(2,10-3-5-11(6-4-10)25-16(18,19)20)23-14(24)9-7-12(17)13(21)22-8-9/h3-8H,1-2H3,(H2,21,22)(H,23,24). The maximum atomic E-state index is 12.3. The zero-order chi connectivity index (χ0) is 18.8. The first kappa shape index (κ1) is 18.9. The average molecular weight is 374 g/mol. The lowest BCUT2D eigenvalue weighted by atomic mass is 9.94. The quantitative estimate of drug-likeness (QED) is 0.852. The van der Waals surface area contributed by atoms with Crippen LogP contribution in [0.1, 0.15) is 29.8 Å². The van der Waals surface area contributed by atoms with Gasteiger partial charge in [0.15, 0.2) is 0 Å². The Labute approximate surface area is 146 Å². The molecule has 0 atom stereocenters. The third-order valence-corrected chi connectivity index (χ3v) is 3.67. The number of carbonyl (C=O) groups excluding carboxylic acids is 1. The minimum atomic E-state index is -4.76. The summed E-state index contributed by atoms with van der Waals surface area (Å²) in [6, 6.07) is 6.62.